The Morgan fingerprint density at radius 3 is 2.60 bits per heavy atom. The Morgan fingerprint density at radius 1 is 1.17 bits per heavy atom. The summed E-state index contributed by atoms with van der Waals surface area (Å²) in [5.74, 6) is 1.39. The SMILES string of the molecule is COCC1COC(Cc2c[nH]c(C)n2)(c2ccc(Oc3ccc(Cl)c(C)c3)cc2)O1. The number of benzene rings is 2. The minimum absolute atomic E-state index is 0.136. The summed E-state index contributed by atoms with van der Waals surface area (Å²) in [7, 11) is 1.66. The zero-order chi connectivity index (χ0) is 21.1. The molecule has 1 aliphatic heterocycles. The number of rotatable bonds is 7. The first-order valence-electron chi connectivity index (χ1n) is 9.83. The van der Waals surface area contributed by atoms with Crippen molar-refractivity contribution in [2.24, 2.45) is 0 Å². The fraction of sp³-hybridized carbons (Fsp3) is 0.348. The zero-order valence-electron chi connectivity index (χ0n) is 17.3. The summed E-state index contributed by atoms with van der Waals surface area (Å²) in [5.41, 5.74) is 2.75. The van der Waals surface area contributed by atoms with E-state index in [4.69, 9.17) is 30.5 Å². The van der Waals surface area contributed by atoms with Crippen LogP contribution in [-0.4, -0.2) is 36.4 Å². The van der Waals surface area contributed by atoms with E-state index in [-0.39, 0.29) is 6.10 Å². The molecule has 158 valence electrons. The van der Waals surface area contributed by atoms with Crippen molar-refractivity contribution < 1.29 is 18.9 Å². The second kappa shape index (κ2) is 8.78. The molecule has 1 aliphatic rings. The Morgan fingerprint density at radius 2 is 1.93 bits per heavy atom. The van der Waals surface area contributed by atoms with Crippen molar-refractivity contribution in [1.82, 2.24) is 9.97 Å². The lowest BCUT2D eigenvalue weighted by Crippen LogP contribution is -2.32. The van der Waals surface area contributed by atoms with E-state index in [1.165, 1.54) is 0 Å². The molecule has 1 aromatic heterocycles. The van der Waals surface area contributed by atoms with Gasteiger partial charge in [-0.15, -0.1) is 0 Å². The van der Waals surface area contributed by atoms with Crippen LogP contribution in [0.2, 0.25) is 5.02 Å². The lowest BCUT2D eigenvalue weighted by Gasteiger charge is -2.28. The fourth-order valence-electron chi connectivity index (χ4n) is 3.57. The summed E-state index contributed by atoms with van der Waals surface area (Å²) in [6, 6.07) is 13.3. The second-order valence-electron chi connectivity index (χ2n) is 7.45. The van der Waals surface area contributed by atoms with Crippen LogP contribution in [0.1, 0.15) is 22.6 Å². The predicted octanol–water partition coefficient (Wildman–Crippen LogP) is 4.93. The van der Waals surface area contributed by atoms with E-state index >= 15 is 0 Å². The number of hydrogen-bond donors (Lipinski definition) is 1. The Hall–Kier alpha value is -2.38. The Labute approximate surface area is 181 Å². The number of H-pyrrole nitrogens is 1. The van der Waals surface area contributed by atoms with Crippen LogP contribution in [-0.2, 0) is 26.4 Å². The number of nitrogens with zero attached hydrogens (tertiary/aromatic N) is 1. The average Bonchev–Trinajstić information content (AvgIpc) is 3.32. The van der Waals surface area contributed by atoms with E-state index in [1.807, 2.05) is 62.5 Å². The molecule has 1 fully saturated rings. The number of aryl methyl sites for hydroxylation is 2. The molecule has 6 nitrogen and oxygen atoms in total. The fourth-order valence-corrected chi connectivity index (χ4v) is 3.69. The lowest BCUT2D eigenvalue weighted by molar-refractivity contribution is -0.180. The van der Waals surface area contributed by atoms with E-state index in [9.17, 15) is 0 Å². The summed E-state index contributed by atoms with van der Waals surface area (Å²) in [6.45, 7) is 4.80. The first kappa shape index (κ1) is 20.9. The summed E-state index contributed by atoms with van der Waals surface area (Å²) in [4.78, 5) is 7.64. The van der Waals surface area contributed by atoms with Crippen LogP contribution in [0.5, 0.6) is 11.5 Å². The number of nitrogens with one attached hydrogen (secondary N) is 1. The average molecular weight is 429 g/mol. The molecular formula is C23H25ClN2O4. The molecule has 0 bridgehead atoms. The van der Waals surface area contributed by atoms with Gasteiger partial charge >= 0.3 is 0 Å². The maximum absolute atomic E-state index is 6.32. The highest BCUT2D eigenvalue weighted by Crippen LogP contribution is 2.38. The second-order valence-corrected chi connectivity index (χ2v) is 7.86. The number of hydrogen-bond acceptors (Lipinski definition) is 5. The van der Waals surface area contributed by atoms with Gasteiger partial charge in [0.05, 0.1) is 25.3 Å². The first-order valence-corrected chi connectivity index (χ1v) is 10.2. The molecule has 0 amide bonds. The van der Waals surface area contributed by atoms with Crippen LogP contribution in [0.15, 0.2) is 48.7 Å². The number of methoxy groups -OCH3 is 1. The number of halogens is 1. The smallest absolute Gasteiger partial charge is 0.201 e. The molecule has 2 atom stereocenters. The van der Waals surface area contributed by atoms with Crippen LogP contribution in [0.3, 0.4) is 0 Å². The summed E-state index contributed by atoms with van der Waals surface area (Å²) in [6.07, 6.45) is 2.24. The van der Waals surface area contributed by atoms with Gasteiger partial charge in [-0.1, -0.05) is 11.6 Å². The molecule has 1 saturated heterocycles. The van der Waals surface area contributed by atoms with Gasteiger partial charge < -0.3 is 23.9 Å². The van der Waals surface area contributed by atoms with E-state index in [0.29, 0.717) is 19.6 Å². The lowest BCUT2D eigenvalue weighted by atomic mass is 10.0. The maximum Gasteiger partial charge on any atom is 0.201 e. The topological polar surface area (TPSA) is 65.6 Å². The number of ether oxygens (including phenoxy) is 4. The van der Waals surface area contributed by atoms with E-state index in [2.05, 4.69) is 9.97 Å². The van der Waals surface area contributed by atoms with Gasteiger partial charge in [-0.3, -0.25) is 0 Å². The highest BCUT2D eigenvalue weighted by atomic mass is 35.5. The van der Waals surface area contributed by atoms with Crippen molar-refractivity contribution in [3.8, 4) is 11.5 Å². The molecule has 30 heavy (non-hydrogen) atoms. The molecule has 0 spiro atoms. The number of aromatic nitrogens is 2. The Kier molecular flexibility index (Phi) is 6.11. The van der Waals surface area contributed by atoms with E-state index < -0.39 is 5.79 Å². The van der Waals surface area contributed by atoms with Crippen molar-refractivity contribution in [1.29, 1.82) is 0 Å². The maximum atomic E-state index is 6.32. The highest BCUT2D eigenvalue weighted by Gasteiger charge is 2.44. The largest absolute Gasteiger partial charge is 0.457 e. The van der Waals surface area contributed by atoms with Crippen LogP contribution in [0, 0.1) is 13.8 Å². The summed E-state index contributed by atoms with van der Waals surface area (Å²) >= 11 is 6.10. The minimum Gasteiger partial charge on any atom is -0.457 e. The molecule has 2 heterocycles. The van der Waals surface area contributed by atoms with Gasteiger partial charge in [0.15, 0.2) is 0 Å². The van der Waals surface area contributed by atoms with Crippen LogP contribution in [0.4, 0.5) is 0 Å². The molecule has 7 heteroatoms. The molecular weight excluding hydrogens is 404 g/mol. The standard InChI is InChI=1S/C23H25ClN2O4/c1-15-10-20(8-9-22(15)24)29-19-6-4-17(5-7-19)23(11-18-12-25-16(2)26-18)28-14-21(30-23)13-27-3/h4-10,12,21H,11,13-14H2,1-3H3,(H,25,26). The van der Waals surface area contributed by atoms with Gasteiger partial charge in [0.2, 0.25) is 5.79 Å². The third-order valence-electron chi connectivity index (χ3n) is 5.04. The summed E-state index contributed by atoms with van der Waals surface area (Å²) < 4.78 is 23.7. The third kappa shape index (κ3) is 4.52. The molecule has 4 rings (SSSR count). The molecule has 2 unspecified atom stereocenters. The van der Waals surface area contributed by atoms with Crippen LogP contribution in [0.25, 0.3) is 0 Å². The number of aromatic amines is 1. The van der Waals surface area contributed by atoms with Gasteiger partial charge in [-0.05, 0) is 61.9 Å². The monoisotopic (exact) mass is 428 g/mol. The van der Waals surface area contributed by atoms with E-state index in [0.717, 1.165) is 39.2 Å². The Bertz CT molecular complexity index is 1000. The van der Waals surface area contributed by atoms with Gasteiger partial charge in [0, 0.05) is 23.9 Å². The van der Waals surface area contributed by atoms with Crippen LogP contribution >= 0.6 is 11.6 Å². The van der Waals surface area contributed by atoms with Crippen molar-refractivity contribution in [3.05, 3.63) is 76.3 Å². The van der Waals surface area contributed by atoms with Crippen molar-refractivity contribution in [2.75, 3.05) is 20.3 Å². The predicted molar refractivity (Wildman–Crippen MR) is 114 cm³/mol. The molecule has 3 aromatic rings. The van der Waals surface area contributed by atoms with Crippen LogP contribution < -0.4 is 4.74 Å². The quantitative estimate of drug-likeness (QED) is 0.578. The van der Waals surface area contributed by atoms with Crippen molar-refractivity contribution >= 4 is 11.6 Å². The normalized spacial score (nSPS) is 21.1. The summed E-state index contributed by atoms with van der Waals surface area (Å²) in [5, 5.41) is 0.717. The van der Waals surface area contributed by atoms with E-state index in [1.54, 1.807) is 7.11 Å². The third-order valence-corrected chi connectivity index (χ3v) is 5.47. The Balaban J connectivity index is 1.56. The molecule has 0 saturated carbocycles. The minimum atomic E-state index is -0.916. The van der Waals surface area contributed by atoms with Gasteiger partial charge in [0.1, 0.15) is 23.4 Å². The van der Waals surface area contributed by atoms with Crippen molar-refractivity contribution in [2.45, 2.75) is 32.2 Å². The van der Waals surface area contributed by atoms with Crippen molar-refractivity contribution in [3.63, 3.8) is 0 Å². The zero-order valence-corrected chi connectivity index (χ0v) is 18.0. The molecule has 0 radical (unpaired) electrons. The highest BCUT2D eigenvalue weighted by molar-refractivity contribution is 6.31. The first-order chi connectivity index (χ1) is 14.5. The number of imidazole rings is 1. The molecule has 0 aliphatic carbocycles. The molecule has 1 N–H and O–H groups in total. The van der Waals surface area contributed by atoms with Gasteiger partial charge in [0.25, 0.3) is 0 Å². The molecule has 2 aromatic carbocycles. The van der Waals surface area contributed by atoms with Gasteiger partial charge in [-0.2, -0.15) is 0 Å². The van der Waals surface area contributed by atoms with Gasteiger partial charge in [-0.25, -0.2) is 4.98 Å².